The van der Waals surface area contributed by atoms with Crippen LogP contribution in [0.5, 0.6) is 5.75 Å². The molecule has 0 saturated carbocycles. The topological polar surface area (TPSA) is 94.6 Å². The first-order valence-electron chi connectivity index (χ1n) is 6.66. The summed E-state index contributed by atoms with van der Waals surface area (Å²) in [6.45, 7) is 1.45. The Kier molecular flexibility index (Phi) is 5.17. The van der Waals surface area contributed by atoms with E-state index in [0.29, 0.717) is 11.3 Å². The summed E-state index contributed by atoms with van der Waals surface area (Å²) in [5, 5.41) is 0. The molecule has 7 nitrogen and oxygen atoms in total. The standard InChI is InChI=1S/C15H16N2O5S/c1-11-9-12(6-7-13(11)22-10-15(18)21-2)23(19,20)17-14-5-3-4-8-16-14/h3-9H,10H2,1-2H3,(H,16,17). The fraction of sp³-hybridized carbons (Fsp3) is 0.200. The second-order valence-corrected chi connectivity index (χ2v) is 6.29. The van der Waals surface area contributed by atoms with E-state index in [-0.39, 0.29) is 17.3 Å². The summed E-state index contributed by atoms with van der Waals surface area (Å²) in [6, 6.07) is 9.27. The van der Waals surface area contributed by atoms with Crippen LogP contribution in [-0.2, 0) is 19.6 Å². The van der Waals surface area contributed by atoms with Gasteiger partial charge in [-0.3, -0.25) is 4.72 Å². The molecule has 0 saturated heterocycles. The Morgan fingerprint density at radius 2 is 2.04 bits per heavy atom. The van der Waals surface area contributed by atoms with Crippen LogP contribution in [0.15, 0.2) is 47.5 Å². The van der Waals surface area contributed by atoms with Crippen LogP contribution >= 0.6 is 0 Å². The SMILES string of the molecule is COC(=O)COc1ccc(S(=O)(=O)Nc2ccccn2)cc1C. The maximum Gasteiger partial charge on any atom is 0.343 e. The molecule has 0 spiro atoms. The zero-order valence-corrected chi connectivity index (χ0v) is 13.5. The minimum atomic E-state index is -3.75. The monoisotopic (exact) mass is 336 g/mol. The van der Waals surface area contributed by atoms with E-state index < -0.39 is 16.0 Å². The molecule has 0 aliphatic heterocycles. The lowest BCUT2D eigenvalue weighted by molar-refractivity contribution is -0.142. The summed E-state index contributed by atoms with van der Waals surface area (Å²) in [5.74, 6) is 0.126. The van der Waals surface area contributed by atoms with Gasteiger partial charge in [-0.15, -0.1) is 0 Å². The smallest absolute Gasteiger partial charge is 0.343 e. The molecule has 0 fully saturated rings. The van der Waals surface area contributed by atoms with E-state index in [4.69, 9.17) is 4.74 Å². The zero-order chi connectivity index (χ0) is 16.9. The Labute approximate surface area is 134 Å². The van der Waals surface area contributed by atoms with Gasteiger partial charge in [0.2, 0.25) is 0 Å². The summed E-state index contributed by atoms with van der Waals surface area (Å²) in [4.78, 5) is 15.1. The minimum Gasteiger partial charge on any atom is -0.482 e. The molecule has 122 valence electrons. The van der Waals surface area contributed by atoms with E-state index in [0.717, 1.165) is 0 Å². The number of anilines is 1. The fourth-order valence-corrected chi connectivity index (χ4v) is 2.86. The minimum absolute atomic E-state index is 0.0751. The van der Waals surface area contributed by atoms with Gasteiger partial charge in [-0.1, -0.05) is 6.07 Å². The van der Waals surface area contributed by atoms with Gasteiger partial charge in [-0.2, -0.15) is 0 Å². The summed E-state index contributed by atoms with van der Waals surface area (Å²) >= 11 is 0. The Bertz CT molecular complexity index is 791. The van der Waals surface area contributed by atoms with Crippen molar-refractivity contribution in [3.63, 3.8) is 0 Å². The van der Waals surface area contributed by atoms with Crippen LogP contribution in [0.3, 0.4) is 0 Å². The van der Waals surface area contributed by atoms with Crippen molar-refractivity contribution in [2.45, 2.75) is 11.8 Å². The number of benzene rings is 1. The molecular weight excluding hydrogens is 320 g/mol. The van der Waals surface area contributed by atoms with Crippen molar-refractivity contribution in [1.82, 2.24) is 4.98 Å². The first kappa shape index (κ1) is 16.8. The number of nitrogens with zero attached hydrogens (tertiary/aromatic N) is 1. The number of aryl methyl sites for hydroxylation is 1. The highest BCUT2D eigenvalue weighted by Crippen LogP contribution is 2.23. The predicted molar refractivity (Wildman–Crippen MR) is 83.7 cm³/mol. The van der Waals surface area contributed by atoms with Gasteiger partial charge in [0.25, 0.3) is 10.0 Å². The number of pyridine rings is 1. The Balaban J connectivity index is 2.17. The van der Waals surface area contributed by atoms with E-state index in [1.165, 1.54) is 31.5 Å². The lowest BCUT2D eigenvalue weighted by Crippen LogP contribution is -2.15. The lowest BCUT2D eigenvalue weighted by atomic mass is 10.2. The van der Waals surface area contributed by atoms with Crippen molar-refractivity contribution >= 4 is 21.8 Å². The summed E-state index contributed by atoms with van der Waals surface area (Å²) in [7, 11) is -2.49. The van der Waals surface area contributed by atoms with Crippen LogP contribution < -0.4 is 9.46 Å². The van der Waals surface area contributed by atoms with Gasteiger partial charge >= 0.3 is 5.97 Å². The third-order valence-corrected chi connectivity index (χ3v) is 4.29. The number of sulfonamides is 1. The lowest BCUT2D eigenvalue weighted by Gasteiger charge is -2.11. The zero-order valence-electron chi connectivity index (χ0n) is 12.6. The average molecular weight is 336 g/mol. The molecule has 0 bridgehead atoms. The highest BCUT2D eigenvalue weighted by atomic mass is 32.2. The van der Waals surface area contributed by atoms with E-state index in [1.54, 1.807) is 25.1 Å². The normalized spacial score (nSPS) is 10.9. The van der Waals surface area contributed by atoms with Crippen LogP contribution in [0.25, 0.3) is 0 Å². The van der Waals surface area contributed by atoms with Gasteiger partial charge in [-0.05, 0) is 42.8 Å². The van der Waals surface area contributed by atoms with Crippen molar-refractivity contribution in [2.24, 2.45) is 0 Å². The van der Waals surface area contributed by atoms with E-state index >= 15 is 0 Å². The number of rotatable bonds is 6. The maximum atomic E-state index is 12.3. The van der Waals surface area contributed by atoms with Gasteiger partial charge in [0.15, 0.2) is 6.61 Å². The number of ether oxygens (including phenoxy) is 2. The molecule has 2 aromatic rings. The molecule has 0 atom stereocenters. The van der Waals surface area contributed by atoms with E-state index in [1.807, 2.05) is 0 Å². The summed E-state index contributed by atoms with van der Waals surface area (Å²) in [5.41, 5.74) is 0.581. The second kappa shape index (κ2) is 7.10. The average Bonchev–Trinajstić information content (AvgIpc) is 2.53. The molecular formula is C15H16N2O5S. The molecule has 23 heavy (non-hydrogen) atoms. The van der Waals surface area contributed by atoms with Gasteiger partial charge in [0, 0.05) is 6.20 Å². The van der Waals surface area contributed by atoms with Crippen LogP contribution in [0.4, 0.5) is 5.82 Å². The number of nitrogens with one attached hydrogen (secondary N) is 1. The van der Waals surface area contributed by atoms with Crippen molar-refractivity contribution < 1.29 is 22.7 Å². The van der Waals surface area contributed by atoms with Crippen LogP contribution in [0.1, 0.15) is 5.56 Å². The Morgan fingerprint density at radius 1 is 1.26 bits per heavy atom. The predicted octanol–water partition coefficient (Wildman–Crippen LogP) is 1.74. The van der Waals surface area contributed by atoms with Crippen molar-refractivity contribution in [1.29, 1.82) is 0 Å². The molecule has 1 heterocycles. The summed E-state index contributed by atoms with van der Waals surface area (Å²) < 4.78 is 36.8. The molecule has 0 unspecified atom stereocenters. The number of hydrogen-bond acceptors (Lipinski definition) is 6. The van der Waals surface area contributed by atoms with Crippen molar-refractivity contribution in [3.05, 3.63) is 48.2 Å². The van der Waals surface area contributed by atoms with Crippen molar-refractivity contribution in [3.8, 4) is 5.75 Å². The van der Waals surface area contributed by atoms with E-state index in [9.17, 15) is 13.2 Å². The number of methoxy groups -OCH3 is 1. The maximum absolute atomic E-state index is 12.3. The fourth-order valence-electron chi connectivity index (χ4n) is 1.77. The third kappa shape index (κ3) is 4.43. The van der Waals surface area contributed by atoms with Gasteiger partial charge < -0.3 is 9.47 Å². The number of carbonyl (C=O) groups excluding carboxylic acids is 1. The molecule has 8 heteroatoms. The molecule has 0 aliphatic rings. The molecule has 0 aliphatic carbocycles. The van der Waals surface area contributed by atoms with E-state index in [2.05, 4.69) is 14.4 Å². The molecule has 1 aromatic heterocycles. The quantitative estimate of drug-likeness (QED) is 0.808. The summed E-state index contributed by atoms with van der Waals surface area (Å²) in [6.07, 6.45) is 1.49. The number of aromatic nitrogens is 1. The van der Waals surface area contributed by atoms with Gasteiger partial charge in [0.05, 0.1) is 12.0 Å². The first-order chi connectivity index (χ1) is 10.9. The highest BCUT2D eigenvalue weighted by Gasteiger charge is 2.16. The molecule has 0 radical (unpaired) electrons. The first-order valence-corrected chi connectivity index (χ1v) is 8.15. The highest BCUT2D eigenvalue weighted by molar-refractivity contribution is 7.92. The van der Waals surface area contributed by atoms with Crippen LogP contribution in [0, 0.1) is 6.92 Å². The van der Waals surface area contributed by atoms with Crippen molar-refractivity contribution in [2.75, 3.05) is 18.4 Å². The Morgan fingerprint density at radius 3 is 2.65 bits per heavy atom. The molecule has 0 amide bonds. The Hall–Kier alpha value is -2.61. The number of carbonyl (C=O) groups is 1. The second-order valence-electron chi connectivity index (χ2n) is 4.61. The van der Waals surface area contributed by atoms with Gasteiger partial charge in [-0.25, -0.2) is 18.2 Å². The number of hydrogen-bond donors (Lipinski definition) is 1. The molecule has 1 aromatic carbocycles. The third-order valence-electron chi connectivity index (χ3n) is 2.93. The van der Waals surface area contributed by atoms with Crippen LogP contribution in [-0.4, -0.2) is 33.1 Å². The van der Waals surface area contributed by atoms with Crippen LogP contribution in [0.2, 0.25) is 0 Å². The van der Waals surface area contributed by atoms with Gasteiger partial charge in [0.1, 0.15) is 11.6 Å². The number of esters is 1. The molecule has 1 N–H and O–H groups in total. The largest absolute Gasteiger partial charge is 0.482 e. The molecule has 2 rings (SSSR count).